The summed E-state index contributed by atoms with van der Waals surface area (Å²) in [5, 5.41) is 9.81. The average molecular weight is 222 g/mol. The van der Waals surface area contributed by atoms with Gasteiger partial charge in [0.25, 0.3) is 0 Å². The van der Waals surface area contributed by atoms with Crippen molar-refractivity contribution in [2.45, 2.75) is 19.4 Å². The first kappa shape index (κ1) is 11.0. The number of aryl methyl sites for hydroxylation is 1. The minimum Gasteiger partial charge on any atom is -0.508 e. The van der Waals surface area contributed by atoms with Gasteiger partial charge < -0.3 is 14.6 Å². The van der Waals surface area contributed by atoms with Crippen LogP contribution in [0.25, 0.3) is 0 Å². The van der Waals surface area contributed by atoms with Gasteiger partial charge in [0.15, 0.2) is 5.60 Å². The summed E-state index contributed by atoms with van der Waals surface area (Å²) < 4.78 is 10.2. The van der Waals surface area contributed by atoms with Gasteiger partial charge in [0, 0.05) is 12.5 Å². The van der Waals surface area contributed by atoms with Gasteiger partial charge in [-0.2, -0.15) is 0 Å². The minimum atomic E-state index is -0.635. The van der Waals surface area contributed by atoms with Gasteiger partial charge in [-0.1, -0.05) is 12.1 Å². The first-order valence-electron chi connectivity index (χ1n) is 5.11. The normalized spacial score (nSPS) is 22.9. The summed E-state index contributed by atoms with van der Waals surface area (Å²) in [6.45, 7) is 3.87. The van der Waals surface area contributed by atoms with Crippen LogP contribution in [-0.2, 0) is 19.9 Å². The molecule has 1 aromatic carbocycles. The van der Waals surface area contributed by atoms with E-state index in [0.717, 1.165) is 5.56 Å². The molecule has 86 valence electrons. The molecule has 0 aromatic heterocycles. The van der Waals surface area contributed by atoms with Crippen LogP contribution < -0.4 is 0 Å². The first-order chi connectivity index (χ1) is 7.53. The van der Waals surface area contributed by atoms with E-state index in [1.165, 1.54) is 6.92 Å². The fourth-order valence-corrected chi connectivity index (χ4v) is 1.65. The van der Waals surface area contributed by atoms with E-state index in [2.05, 4.69) is 0 Å². The summed E-state index contributed by atoms with van der Waals surface area (Å²) in [6, 6.07) is 5.37. The SMILES string of the molecule is CC(=O)OCC1(c2ccc(C)cc2O)CO1. The molecule has 4 heteroatoms. The molecule has 16 heavy (non-hydrogen) atoms. The summed E-state index contributed by atoms with van der Waals surface area (Å²) in [7, 11) is 0. The molecule has 1 unspecified atom stereocenters. The van der Waals surface area contributed by atoms with Crippen molar-refractivity contribution in [3.05, 3.63) is 29.3 Å². The van der Waals surface area contributed by atoms with Gasteiger partial charge in [-0.05, 0) is 18.6 Å². The van der Waals surface area contributed by atoms with Gasteiger partial charge >= 0.3 is 5.97 Å². The highest BCUT2D eigenvalue weighted by Crippen LogP contribution is 2.43. The van der Waals surface area contributed by atoms with Crippen molar-refractivity contribution in [3.63, 3.8) is 0 Å². The maximum atomic E-state index is 10.7. The number of carbonyl (C=O) groups excluding carboxylic acids is 1. The van der Waals surface area contributed by atoms with Crippen molar-refractivity contribution in [3.8, 4) is 5.75 Å². The van der Waals surface area contributed by atoms with Gasteiger partial charge in [0.2, 0.25) is 0 Å². The van der Waals surface area contributed by atoms with E-state index in [1.54, 1.807) is 12.1 Å². The van der Waals surface area contributed by atoms with Crippen molar-refractivity contribution in [2.24, 2.45) is 0 Å². The second kappa shape index (κ2) is 3.79. The molecule has 2 rings (SSSR count). The lowest BCUT2D eigenvalue weighted by Gasteiger charge is -2.14. The van der Waals surface area contributed by atoms with E-state index in [1.807, 2.05) is 13.0 Å². The van der Waals surface area contributed by atoms with Crippen LogP contribution in [0.1, 0.15) is 18.1 Å². The van der Waals surface area contributed by atoms with Gasteiger partial charge in [-0.25, -0.2) is 0 Å². The van der Waals surface area contributed by atoms with E-state index >= 15 is 0 Å². The van der Waals surface area contributed by atoms with Crippen LogP contribution >= 0.6 is 0 Å². The van der Waals surface area contributed by atoms with Crippen molar-refractivity contribution < 1.29 is 19.4 Å². The van der Waals surface area contributed by atoms with Crippen LogP contribution in [0, 0.1) is 6.92 Å². The zero-order valence-electron chi connectivity index (χ0n) is 9.32. The number of rotatable bonds is 3. The highest BCUT2D eigenvalue weighted by molar-refractivity contribution is 5.66. The third kappa shape index (κ3) is 2.02. The lowest BCUT2D eigenvalue weighted by Crippen LogP contribution is -2.19. The van der Waals surface area contributed by atoms with Gasteiger partial charge in [-0.3, -0.25) is 4.79 Å². The van der Waals surface area contributed by atoms with E-state index in [9.17, 15) is 9.90 Å². The topological polar surface area (TPSA) is 59.1 Å². The summed E-state index contributed by atoms with van der Waals surface area (Å²) in [4.78, 5) is 10.7. The fraction of sp³-hybridized carbons (Fsp3) is 0.417. The molecular weight excluding hydrogens is 208 g/mol. The number of benzene rings is 1. The quantitative estimate of drug-likeness (QED) is 0.621. The van der Waals surface area contributed by atoms with Gasteiger partial charge in [0.1, 0.15) is 12.4 Å². The van der Waals surface area contributed by atoms with Crippen LogP contribution in [0.4, 0.5) is 0 Å². The molecule has 1 aliphatic heterocycles. The van der Waals surface area contributed by atoms with Crippen LogP contribution in [-0.4, -0.2) is 24.3 Å². The van der Waals surface area contributed by atoms with E-state index in [4.69, 9.17) is 9.47 Å². The zero-order chi connectivity index (χ0) is 11.8. The molecular formula is C12H14O4. The van der Waals surface area contributed by atoms with E-state index in [0.29, 0.717) is 12.2 Å². The maximum Gasteiger partial charge on any atom is 0.302 e. The zero-order valence-corrected chi connectivity index (χ0v) is 9.32. The molecule has 1 fully saturated rings. The van der Waals surface area contributed by atoms with Crippen molar-refractivity contribution in [1.29, 1.82) is 0 Å². The number of hydrogen-bond acceptors (Lipinski definition) is 4. The van der Waals surface area contributed by atoms with Crippen LogP contribution in [0.2, 0.25) is 0 Å². The Morgan fingerprint density at radius 3 is 2.81 bits per heavy atom. The molecule has 0 saturated carbocycles. The van der Waals surface area contributed by atoms with Crippen molar-refractivity contribution in [2.75, 3.05) is 13.2 Å². The molecule has 1 atom stereocenters. The molecule has 0 radical (unpaired) electrons. The molecule has 1 aliphatic rings. The number of epoxide rings is 1. The monoisotopic (exact) mass is 222 g/mol. The van der Waals surface area contributed by atoms with Gasteiger partial charge in [0.05, 0.1) is 6.61 Å². The number of esters is 1. The lowest BCUT2D eigenvalue weighted by molar-refractivity contribution is -0.142. The number of aromatic hydroxyl groups is 1. The number of carbonyl (C=O) groups is 1. The molecule has 0 spiro atoms. The number of ether oxygens (including phenoxy) is 2. The molecule has 0 aliphatic carbocycles. The summed E-state index contributed by atoms with van der Waals surface area (Å²) in [5.74, 6) is -0.161. The smallest absolute Gasteiger partial charge is 0.302 e. The standard InChI is InChI=1S/C12H14O4/c1-8-3-4-10(11(14)5-8)12(7-16-12)6-15-9(2)13/h3-5,14H,6-7H2,1-2H3. The lowest BCUT2D eigenvalue weighted by atomic mass is 9.98. The Morgan fingerprint density at radius 1 is 1.62 bits per heavy atom. The Labute approximate surface area is 93.8 Å². The Bertz CT molecular complexity index is 421. The fourth-order valence-electron chi connectivity index (χ4n) is 1.65. The van der Waals surface area contributed by atoms with E-state index in [-0.39, 0.29) is 18.3 Å². The summed E-state index contributed by atoms with van der Waals surface area (Å²) >= 11 is 0. The maximum absolute atomic E-state index is 10.7. The molecule has 1 aromatic rings. The van der Waals surface area contributed by atoms with Gasteiger partial charge in [-0.15, -0.1) is 0 Å². The van der Waals surface area contributed by atoms with Crippen molar-refractivity contribution in [1.82, 2.24) is 0 Å². The van der Waals surface area contributed by atoms with Crippen LogP contribution in [0.5, 0.6) is 5.75 Å². The highest BCUT2D eigenvalue weighted by atomic mass is 16.6. The summed E-state index contributed by atoms with van der Waals surface area (Å²) in [5.41, 5.74) is 1.02. The Kier molecular flexibility index (Phi) is 2.59. The Balaban J connectivity index is 2.19. The predicted octanol–water partition coefficient (Wildman–Crippen LogP) is 1.49. The second-order valence-corrected chi connectivity index (χ2v) is 4.08. The Hall–Kier alpha value is -1.55. The molecule has 0 amide bonds. The molecule has 1 heterocycles. The third-order valence-corrected chi connectivity index (χ3v) is 2.65. The number of hydrogen-bond donors (Lipinski definition) is 1. The molecule has 0 bridgehead atoms. The molecule has 4 nitrogen and oxygen atoms in total. The number of phenolic OH excluding ortho intramolecular Hbond substituents is 1. The highest BCUT2D eigenvalue weighted by Gasteiger charge is 2.49. The molecule has 1 N–H and O–H groups in total. The first-order valence-corrected chi connectivity index (χ1v) is 5.11. The van der Waals surface area contributed by atoms with E-state index < -0.39 is 5.60 Å². The van der Waals surface area contributed by atoms with Crippen molar-refractivity contribution >= 4 is 5.97 Å². The Morgan fingerprint density at radius 2 is 2.31 bits per heavy atom. The summed E-state index contributed by atoms with van der Waals surface area (Å²) in [6.07, 6.45) is 0. The second-order valence-electron chi connectivity index (χ2n) is 4.08. The average Bonchev–Trinajstić information content (AvgIpc) is 2.96. The minimum absolute atomic E-state index is 0.152. The number of phenols is 1. The predicted molar refractivity (Wildman–Crippen MR) is 57.1 cm³/mol. The third-order valence-electron chi connectivity index (χ3n) is 2.65. The largest absolute Gasteiger partial charge is 0.508 e. The van der Waals surface area contributed by atoms with Crippen LogP contribution in [0.15, 0.2) is 18.2 Å². The van der Waals surface area contributed by atoms with Crippen LogP contribution in [0.3, 0.4) is 0 Å². The molecule has 1 saturated heterocycles.